The van der Waals surface area contributed by atoms with Crippen LogP contribution in [0.15, 0.2) is 24.3 Å². The minimum atomic E-state index is -3.26. The van der Waals surface area contributed by atoms with Crippen molar-refractivity contribution in [2.75, 3.05) is 17.6 Å². The van der Waals surface area contributed by atoms with E-state index in [1.54, 1.807) is 0 Å². The van der Waals surface area contributed by atoms with Gasteiger partial charge in [-0.25, -0.2) is 12.8 Å². The zero-order valence-electron chi connectivity index (χ0n) is 7.36. The molecule has 1 rings (SSSR count). The number of rotatable bonds is 2. The van der Waals surface area contributed by atoms with Gasteiger partial charge in [0, 0.05) is 7.05 Å². The summed E-state index contributed by atoms with van der Waals surface area (Å²) in [6.07, 6.45) is 1.09. The molecule has 0 saturated carbocycles. The highest BCUT2D eigenvalue weighted by atomic mass is 32.2. The highest BCUT2D eigenvalue weighted by Gasteiger charge is 2.10. The van der Waals surface area contributed by atoms with Crippen LogP contribution < -0.4 is 4.31 Å². The summed E-state index contributed by atoms with van der Waals surface area (Å²) >= 11 is 0. The summed E-state index contributed by atoms with van der Waals surface area (Å²) in [6.45, 7) is 0. The summed E-state index contributed by atoms with van der Waals surface area (Å²) in [5.74, 6) is -0.384. The van der Waals surface area contributed by atoms with Gasteiger partial charge in [0.15, 0.2) is 0 Å². The van der Waals surface area contributed by atoms with Crippen molar-refractivity contribution in [3.05, 3.63) is 30.1 Å². The minimum absolute atomic E-state index is 0.384. The monoisotopic (exact) mass is 203 g/mol. The molecule has 0 aliphatic heterocycles. The molecule has 13 heavy (non-hydrogen) atoms. The highest BCUT2D eigenvalue weighted by molar-refractivity contribution is 7.92. The lowest BCUT2D eigenvalue weighted by Crippen LogP contribution is -2.24. The third-order valence-corrected chi connectivity index (χ3v) is 2.89. The van der Waals surface area contributed by atoms with Crippen LogP contribution in [0.3, 0.4) is 0 Å². The predicted octanol–water partition coefficient (Wildman–Crippen LogP) is 1.22. The van der Waals surface area contributed by atoms with Gasteiger partial charge in [-0.2, -0.15) is 0 Å². The van der Waals surface area contributed by atoms with E-state index in [4.69, 9.17) is 0 Å². The SMILES string of the molecule is CN(c1ccc(F)cc1)S(C)(=O)=O. The predicted molar refractivity (Wildman–Crippen MR) is 49.6 cm³/mol. The van der Waals surface area contributed by atoms with Gasteiger partial charge in [-0.05, 0) is 24.3 Å². The number of anilines is 1. The van der Waals surface area contributed by atoms with Crippen molar-refractivity contribution in [3.8, 4) is 0 Å². The van der Waals surface area contributed by atoms with Crippen LogP contribution in [-0.2, 0) is 10.0 Å². The van der Waals surface area contributed by atoms with E-state index in [2.05, 4.69) is 0 Å². The van der Waals surface area contributed by atoms with Crippen molar-refractivity contribution >= 4 is 15.7 Å². The molecule has 0 amide bonds. The van der Waals surface area contributed by atoms with Gasteiger partial charge in [-0.15, -0.1) is 0 Å². The first-order valence-electron chi connectivity index (χ1n) is 3.61. The number of hydrogen-bond donors (Lipinski definition) is 0. The van der Waals surface area contributed by atoms with E-state index in [-0.39, 0.29) is 5.82 Å². The third kappa shape index (κ3) is 2.42. The van der Waals surface area contributed by atoms with Gasteiger partial charge in [-0.1, -0.05) is 0 Å². The first-order chi connectivity index (χ1) is 5.91. The molecule has 0 fully saturated rings. The van der Waals surface area contributed by atoms with Gasteiger partial charge in [0.05, 0.1) is 11.9 Å². The molecule has 0 unspecified atom stereocenters. The number of hydrogen-bond acceptors (Lipinski definition) is 2. The number of benzene rings is 1. The van der Waals surface area contributed by atoms with Gasteiger partial charge in [0.25, 0.3) is 0 Å². The van der Waals surface area contributed by atoms with Gasteiger partial charge in [-0.3, -0.25) is 4.31 Å². The maximum atomic E-state index is 12.5. The quantitative estimate of drug-likeness (QED) is 0.724. The number of nitrogens with zero attached hydrogens (tertiary/aromatic N) is 1. The molecule has 0 saturated heterocycles. The molecule has 0 aromatic heterocycles. The first-order valence-corrected chi connectivity index (χ1v) is 5.45. The van der Waals surface area contributed by atoms with Crippen LogP contribution >= 0.6 is 0 Å². The largest absolute Gasteiger partial charge is 0.274 e. The Labute approximate surface area is 76.8 Å². The molecule has 0 radical (unpaired) electrons. The summed E-state index contributed by atoms with van der Waals surface area (Å²) in [7, 11) is -1.84. The Morgan fingerprint density at radius 2 is 1.69 bits per heavy atom. The fourth-order valence-corrected chi connectivity index (χ4v) is 1.35. The van der Waals surface area contributed by atoms with Crippen molar-refractivity contribution in [1.29, 1.82) is 0 Å². The second-order valence-electron chi connectivity index (χ2n) is 2.71. The molecule has 0 spiro atoms. The van der Waals surface area contributed by atoms with E-state index < -0.39 is 10.0 Å². The van der Waals surface area contributed by atoms with Gasteiger partial charge >= 0.3 is 0 Å². The summed E-state index contributed by atoms with van der Waals surface area (Å²) in [5, 5.41) is 0. The molecule has 0 N–H and O–H groups in total. The minimum Gasteiger partial charge on any atom is -0.274 e. The Bertz CT molecular complexity index is 385. The first kappa shape index (κ1) is 9.98. The zero-order chi connectivity index (χ0) is 10.1. The molecule has 0 atom stereocenters. The fraction of sp³-hybridized carbons (Fsp3) is 0.250. The maximum absolute atomic E-state index is 12.5. The van der Waals surface area contributed by atoms with Gasteiger partial charge in [0.2, 0.25) is 10.0 Å². The smallest absolute Gasteiger partial charge is 0.231 e. The van der Waals surface area contributed by atoms with Crippen LogP contribution in [0.2, 0.25) is 0 Å². The van der Waals surface area contributed by atoms with E-state index in [1.807, 2.05) is 0 Å². The Morgan fingerprint density at radius 1 is 1.23 bits per heavy atom. The Hall–Kier alpha value is -1.10. The molecule has 3 nitrogen and oxygen atoms in total. The van der Waals surface area contributed by atoms with Crippen molar-refractivity contribution in [2.45, 2.75) is 0 Å². The van der Waals surface area contributed by atoms with Crippen molar-refractivity contribution < 1.29 is 12.8 Å². The average molecular weight is 203 g/mol. The Balaban J connectivity index is 3.04. The second-order valence-corrected chi connectivity index (χ2v) is 4.72. The summed E-state index contributed by atoms with van der Waals surface area (Å²) in [5.41, 5.74) is 0.448. The van der Waals surface area contributed by atoms with Crippen LogP contribution in [0, 0.1) is 5.82 Å². The molecule has 1 aromatic rings. The standard InChI is InChI=1S/C8H10FNO2S/c1-10(13(2,11)12)8-5-3-7(9)4-6-8/h3-6H,1-2H3. The zero-order valence-corrected chi connectivity index (χ0v) is 8.18. The second kappa shape index (κ2) is 3.33. The van der Waals surface area contributed by atoms with Crippen molar-refractivity contribution in [2.24, 2.45) is 0 Å². The van der Waals surface area contributed by atoms with Crippen molar-refractivity contribution in [1.82, 2.24) is 0 Å². The van der Waals surface area contributed by atoms with Crippen LogP contribution in [0.1, 0.15) is 0 Å². The molecule has 1 aromatic carbocycles. The number of halogens is 1. The van der Waals surface area contributed by atoms with Crippen LogP contribution in [0.4, 0.5) is 10.1 Å². The molecule has 5 heteroatoms. The van der Waals surface area contributed by atoms with Crippen LogP contribution in [0.25, 0.3) is 0 Å². The summed E-state index contributed by atoms with van der Waals surface area (Å²) in [4.78, 5) is 0. The van der Waals surface area contributed by atoms with E-state index in [0.29, 0.717) is 5.69 Å². The molecule has 72 valence electrons. The highest BCUT2D eigenvalue weighted by Crippen LogP contribution is 2.15. The van der Waals surface area contributed by atoms with Crippen molar-refractivity contribution in [3.63, 3.8) is 0 Å². The molecule has 0 aliphatic carbocycles. The van der Waals surface area contributed by atoms with Crippen LogP contribution in [-0.4, -0.2) is 21.7 Å². The lowest BCUT2D eigenvalue weighted by molar-refractivity contribution is 0.600. The van der Waals surface area contributed by atoms with E-state index in [9.17, 15) is 12.8 Å². The van der Waals surface area contributed by atoms with Crippen LogP contribution in [0.5, 0.6) is 0 Å². The normalized spacial score (nSPS) is 11.3. The van der Waals surface area contributed by atoms with Gasteiger partial charge < -0.3 is 0 Å². The Kier molecular flexibility index (Phi) is 2.56. The molecule has 0 bridgehead atoms. The topological polar surface area (TPSA) is 37.4 Å². The third-order valence-electron chi connectivity index (χ3n) is 1.69. The molecule has 0 heterocycles. The molecule has 0 aliphatic rings. The summed E-state index contributed by atoms with van der Waals surface area (Å²) < 4.78 is 35.7. The summed E-state index contributed by atoms with van der Waals surface area (Å²) in [6, 6.07) is 5.26. The molecular formula is C8H10FNO2S. The van der Waals surface area contributed by atoms with Gasteiger partial charge in [0.1, 0.15) is 5.82 Å². The average Bonchev–Trinajstić information content (AvgIpc) is 2.03. The Morgan fingerprint density at radius 3 is 2.08 bits per heavy atom. The lowest BCUT2D eigenvalue weighted by atomic mass is 10.3. The number of sulfonamides is 1. The van der Waals surface area contributed by atoms with E-state index >= 15 is 0 Å². The van der Waals surface area contributed by atoms with E-state index in [1.165, 1.54) is 31.3 Å². The maximum Gasteiger partial charge on any atom is 0.231 e. The van der Waals surface area contributed by atoms with E-state index in [0.717, 1.165) is 10.6 Å². The lowest BCUT2D eigenvalue weighted by Gasteiger charge is -2.15. The fourth-order valence-electron chi connectivity index (χ4n) is 0.842. The molecular weight excluding hydrogens is 193 g/mol.